The number of hydrogen-bond donors (Lipinski definition) is 0. The van der Waals surface area contributed by atoms with Crippen LogP contribution in [0.5, 0.6) is 0 Å². The Balaban J connectivity index is 3.28. The topological polar surface area (TPSA) is 0 Å². The van der Waals surface area contributed by atoms with Crippen LogP contribution >= 0.6 is 0 Å². The highest BCUT2D eigenvalue weighted by Crippen LogP contribution is 2.22. The van der Waals surface area contributed by atoms with Gasteiger partial charge >= 0.3 is 6.98 Å². The lowest BCUT2D eigenvalue weighted by atomic mass is 9.79. The summed E-state index contributed by atoms with van der Waals surface area (Å²) in [5.74, 6) is -1.88. The van der Waals surface area contributed by atoms with Gasteiger partial charge in [-0.05, 0) is 0 Å². The highest BCUT2D eigenvalue weighted by molar-refractivity contribution is 6.73. The Kier molecular flexibility index (Phi) is 2.77. The fourth-order valence-corrected chi connectivity index (χ4v) is 0.990. The van der Waals surface area contributed by atoms with Gasteiger partial charge in [0.25, 0.3) is 6.43 Å². The molecule has 0 atom stereocenters. The molecule has 0 unspecified atom stereocenters. The minimum Gasteiger partial charge on any atom is -0.445 e. The zero-order valence-corrected chi connectivity index (χ0v) is 6.65. The number of hydrogen-bond acceptors (Lipinski definition) is 0. The molecule has 7 heteroatoms. The summed E-state index contributed by atoms with van der Waals surface area (Å²) in [6.45, 7) is -5.59. The molecule has 1 aromatic carbocycles. The van der Waals surface area contributed by atoms with Crippen molar-refractivity contribution >= 4 is 12.4 Å². The van der Waals surface area contributed by atoms with Gasteiger partial charge in [0.2, 0.25) is 0 Å². The lowest BCUT2D eigenvalue weighted by molar-refractivity contribution is 0.146. The van der Waals surface area contributed by atoms with Gasteiger partial charge in [0.15, 0.2) is 0 Å². The van der Waals surface area contributed by atoms with E-state index in [2.05, 4.69) is 0 Å². The van der Waals surface area contributed by atoms with Gasteiger partial charge < -0.3 is 12.9 Å². The van der Waals surface area contributed by atoms with E-state index in [9.17, 15) is 26.1 Å². The van der Waals surface area contributed by atoms with E-state index in [1.165, 1.54) is 0 Å². The Hall–Kier alpha value is -1.14. The minimum absolute atomic E-state index is 0.446. The molecule has 1 aromatic rings. The van der Waals surface area contributed by atoms with Crippen molar-refractivity contribution in [1.29, 1.82) is 0 Å². The summed E-state index contributed by atoms with van der Waals surface area (Å²) in [7, 11) is 0. The summed E-state index contributed by atoms with van der Waals surface area (Å²) in [5.41, 5.74) is -2.83. The number of alkyl halides is 2. The second-order valence-electron chi connectivity index (χ2n) is 2.63. The van der Waals surface area contributed by atoms with Crippen LogP contribution in [-0.2, 0) is 0 Å². The van der Waals surface area contributed by atoms with E-state index in [0.717, 1.165) is 6.07 Å². The first-order valence-corrected chi connectivity index (χ1v) is 3.60. The predicted molar refractivity (Wildman–Crippen MR) is 40.1 cm³/mol. The van der Waals surface area contributed by atoms with E-state index in [4.69, 9.17) is 0 Å². The molecule has 0 radical (unpaired) electrons. The first-order valence-electron chi connectivity index (χ1n) is 3.60. The Bertz CT molecular complexity index is 331. The monoisotopic (exact) mass is 213 g/mol. The van der Waals surface area contributed by atoms with Crippen LogP contribution in [0.4, 0.5) is 26.1 Å². The van der Waals surface area contributed by atoms with Crippen LogP contribution in [0, 0.1) is 5.82 Å². The van der Waals surface area contributed by atoms with Crippen LogP contribution < -0.4 is 5.46 Å². The van der Waals surface area contributed by atoms with Crippen LogP contribution in [0.1, 0.15) is 12.0 Å². The van der Waals surface area contributed by atoms with Crippen molar-refractivity contribution in [2.75, 3.05) is 0 Å². The molecular formula is C7H4BF6-. The van der Waals surface area contributed by atoms with Crippen LogP contribution in [0.25, 0.3) is 0 Å². The summed E-state index contributed by atoms with van der Waals surface area (Å²) in [6, 6.07) is 1.84. The maximum Gasteiger partial charge on any atom is 0.512 e. The van der Waals surface area contributed by atoms with Gasteiger partial charge in [-0.15, -0.1) is 0 Å². The zero-order chi connectivity index (χ0) is 10.9. The van der Waals surface area contributed by atoms with E-state index < -0.39 is 30.2 Å². The summed E-state index contributed by atoms with van der Waals surface area (Å²) >= 11 is 0. The fraction of sp³-hybridized carbons (Fsp3) is 0.143. The van der Waals surface area contributed by atoms with Gasteiger partial charge in [-0.2, -0.15) is 0 Å². The molecule has 0 amide bonds. The third-order valence-electron chi connectivity index (χ3n) is 1.65. The van der Waals surface area contributed by atoms with Crippen LogP contribution in [-0.4, -0.2) is 6.98 Å². The van der Waals surface area contributed by atoms with E-state index >= 15 is 0 Å². The van der Waals surface area contributed by atoms with Crippen molar-refractivity contribution in [2.24, 2.45) is 0 Å². The second kappa shape index (κ2) is 3.55. The van der Waals surface area contributed by atoms with Crippen LogP contribution in [0.3, 0.4) is 0 Å². The Morgan fingerprint density at radius 3 is 2.07 bits per heavy atom. The van der Waals surface area contributed by atoms with E-state index in [0.29, 0.717) is 12.1 Å². The summed E-state index contributed by atoms with van der Waals surface area (Å²) < 4.78 is 73.0. The highest BCUT2D eigenvalue weighted by atomic mass is 19.4. The smallest absolute Gasteiger partial charge is 0.445 e. The van der Waals surface area contributed by atoms with Gasteiger partial charge in [-0.25, -0.2) is 13.2 Å². The van der Waals surface area contributed by atoms with Crippen molar-refractivity contribution in [2.45, 2.75) is 6.43 Å². The lowest BCUT2D eigenvalue weighted by Crippen LogP contribution is -2.37. The maximum absolute atomic E-state index is 12.8. The SMILES string of the molecule is Fc1c(C(F)F)cccc1[B-](F)(F)F. The average Bonchev–Trinajstić information content (AvgIpc) is 2.01. The molecule has 0 nitrogen and oxygen atoms in total. The molecule has 0 saturated heterocycles. The van der Waals surface area contributed by atoms with Crippen molar-refractivity contribution in [1.82, 2.24) is 0 Å². The molecule has 0 N–H and O–H groups in total. The van der Waals surface area contributed by atoms with E-state index in [1.807, 2.05) is 0 Å². The van der Waals surface area contributed by atoms with Crippen molar-refractivity contribution in [3.8, 4) is 0 Å². The fourth-order valence-electron chi connectivity index (χ4n) is 0.990. The first-order chi connectivity index (χ1) is 6.34. The standard InChI is InChI=1S/C7H4BF6/c9-6-4(7(10)11)2-1-3-5(6)8(12,13)14/h1-3,7H/q-1. The normalized spacial score (nSPS) is 12.2. The quantitative estimate of drug-likeness (QED) is 0.523. The Morgan fingerprint density at radius 2 is 1.64 bits per heavy atom. The van der Waals surface area contributed by atoms with Gasteiger partial charge in [0, 0.05) is 0 Å². The largest absolute Gasteiger partial charge is 0.512 e. The second-order valence-corrected chi connectivity index (χ2v) is 2.63. The number of halogens is 6. The number of benzene rings is 1. The molecule has 0 heterocycles. The molecule has 0 fully saturated rings. The van der Waals surface area contributed by atoms with E-state index in [-0.39, 0.29) is 0 Å². The molecule has 0 aliphatic heterocycles. The molecule has 0 aliphatic carbocycles. The minimum atomic E-state index is -5.59. The molecule has 0 spiro atoms. The highest BCUT2D eigenvalue weighted by Gasteiger charge is 2.31. The number of rotatable bonds is 2. The zero-order valence-electron chi connectivity index (χ0n) is 6.65. The van der Waals surface area contributed by atoms with Gasteiger partial charge in [-0.3, -0.25) is 0 Å². The van der Waals surface area contributed by atoms with Crippen molar-refractivity contribution in [3.63, 3.8) is 0 Å². The molecular weight excluding hydrogens is 209 g/mol. The van der Waals surface area contributed by atoms with Gasteiger partial charge in [-0.1, -0.05) is 23.7 Å². The van der Waals surface area contributed by atoms with Gasteiger partial charge in [0.1, 0.15) is 5.82 Å². The van der Waals surface area contributed by atoms with Crippen molar-refractivity contribution < 1.29 is 26.1 Å². The lowest BCUT2D eigenvalue weighted by Gasteiger charge is -2.17. The Morgan fingerprint density at radius 1 is 1.07 bits per heavy atom. The summed E-state index contributed by atoms with van der Waals surface area (Å²) in [6.07, 6.45) is -3.24. The summed E-state index contributed by atoms with van der Waals surface area (Å²) in [5, 5.41) is 0. The maximum atomic E-state index is 12.8. The first kappa shape index (κ1) is 10.9. The molecule has 78 valence electrons. The molecule has 0 saturated carbocycles. The third-order valence-corrected chi connectivity index (χ3v) is 1.65. The molecule has 0 aromatic heterocycles. The Labute approximate surface area is 75.6 Å². The summed E-state index contributed by atoms with van der Waals surface area (Å²) in [4.78, 5) is 0. The molecule has 0 aliphatic rings. The van der Waals surface area contributed by atoms with Crippen molar-refractivity contribution in [3.05, 3.63) is 29.6 Å². The molecule has 0 bridgehead atoms. The van der Waals surface area contributed by atoms with Gasteiger partial charge in [0.05, 0.1) is 5.56 Å². The predicted octanol–water partition coefficient (Wildman–Crippen LogP) is 2.82. The molecule has 14 heavy (non-hydrogen) atoms. The molecule has 1 rings (SSSR count). The third kappa shape index (κ3) is 2.02. The van der Waals surface area contributed by atoms with E-state index in [1.54, 1.807) is 0 Å². The van der Waals surface area contributed by atoms with Crippen LogP contribution in [0.2, 0.25) is 0 Å². The average molecular weight is 213 g/mol. The van der Waals surface area contributed by atoms with Crippen LogP contribution in [0.15, 0.2) is 18.2 Å².